The Morgan fingerprint density at radius 3 is 2.09 bits per heavy atom. The van der Waals surface area contributed by atoms with Gasteiger partial charge in [0.15, 0.2) is 0 Å². The number of hydrogen-bond acceptors (Lipinski definition) is 4. The number of aliphatic hydroxyl groups excluding tert-OH is 2. The second kappa shape index (κ2) is 7.53. The minimum atomic E-state index is 0.0922. The average Bonchev–Trinajstić information content (AvgIpc) is 2.01. The van der Waals surface area contributed by atoms with Gasteiger partial charge in [-0.25, -0.2) is 0 Å². The summed E-state index contributed by atoms with van der Waals surface area (Å²) in [5.41, 5.74) is 5.23. The number of nitrogens with two attached hydrogens (primary N) is 1. The molecule has 0 aliphatic carbocycles. The van der Waals surface area contributed by atoms with Gasteiger partial charge in [-0.05, 0) is 6.20 Å². The molecule has 0 saturated heterocycles. The highest BCUT2D eigenvalue weighted by Gasteiger charge is 1.94. The highest BCUT2D eigenvalue weighted by Crippen LogP contribution is 1.87. The van der Waals surface area contributed by atoms with E-state index in [2.05, 4.69) is 0 Å². The van der Waals surface area contributed by atoms with E-state index in [0.29, 0.717) is 19.6 Å². The summed E-state index contributed by atoms with van der Waals surface area (Å²) >= 11 is 0. The first kappa shape index (κ1) is 10.4. The third-order valence-corrected chi connectivity index (χ3v) is 1.23. The van der Waals surface area contributed by atoms with Crippen LogP contribution in [0.2, 0.25) is 0 Å². The van der Waals surface area contributed by atoms with Gasteiger partial charge in [0.05, 0.1) is 13.2 Å². The van der Waals surface area contributed by atoms with Gasteiger partial charge in [0, 0.05) is 19.6 Å². The number of nitrogens with zero attached hydrogens (tertiary/aromatic N) is 1. The monoisotopic (exact) mass is 160 g/mol. The largest absolute Gasteiger partial charge is 0.395 e. The van der Waals surface area contributed by atoms with Crippen LogP contribution in [-0.4, -0.2) is 48.0 Å². The Labute approximate surface area is 66.9 Å². The fraction of sp³-hybridized carbons (Fsp3) is 0.714. The summed E-state index contributed by atoms with van der Waals surface area (Å²) in [5, 5.41) is 17.1. The van der Waals surface area contributed by atoms with Gasteiger partial charge in [-0.1, -0.05) is 6.08 Å². The Morgan fingerprint density at radius 1 is 1.18 bits per heavy atom. The molecular weight excluding hydrogens is 144 g/mol. The van der Waals surface area contributed by atoms with Crippen LogP contribution in [0.4, 0.5) is 0 Å². The summed E-state index contributed by atoms with van der Waals surface area (Å²) in [4.78, 5) is 1.81. The Bertz CT molecular complexity index is 101. The molecule has 4 N–H and O–H groups in total. The topological polar surface area (TPSA) is 69.7 Å². The van der Waals surface area contributed by atoms with E-state index < -0.39 is 0 Å². The standard InChI is InChI=1S/C7H16N2O2/c8-2-1-3-9(4-6-10)5-7-11/h1,3,10-11H,2,4-8H2. The number of hydrogen-bond donors (Lipinski definition) is 3. The highest BCUT2D eigenvalue weighted by molar-refractivity contribution is 4.82. The Balaban J connectivity index is 3.58. The van der Waals surface area contributed by atoms with Gasteiger partial charge in [-0.3, -0.25) is 0 Å². The van der Waals surface area contributed by atoms with Gasteiger partial charge >= 0.3 is 0 Å². The quantitative estimate of drug-likeness (QED) is 0.454. The van der Waals surface area contributed by atoms with Gasteiger partial charge < -0.3 is 20.8 Å². The predicted octanol–water partition coefficient (Wildman–Crippen LogP) is -1.25. The van der Waals surface area contributed by atoms with Crippen LogP contribution in [0.1, 0.15) is 0 Å². The van der Waals surface area contributed by atoms with Crippen LogP contribution in [0.5, 0.6) is 0 Å². The van der Waals surface area contributed by atoms with Crippen molar-refractivity contribution in [1.82, 2.24) is 4.90 Å². The van der Waals surface area contributed by atoms with Crippen molar-refractivity contribution in [3.63, 3.8) is 0 Å². The maximum Gasteiger partial charge on any atom is 0.0606 e. The van der Waals surface area contributed by atoms with Crippen LogP contribution in [0.3, 0.4) is 0 Å². The van der Waals surface area contributed by atoms with Crippen molar-refractivity contribution in [2.45, 2.75) is 0 Å². The first-order valence-corrected chi connectivity index (χ1v) is 3.67. The maximum absolute atomic E-state index is 8.57. The summed E-state index contributed by atoms with van der Waals surface area (Å²) in [6.07, 6.45) is 3.57. The van der Waals surface area contributed by atoms with E-state index in [1.807, 2.05) is 4.90 Å². The lowest BCUT2D eigenvalue weighted by molar-refractivity contribution is 0.199. The molecule has 11 heavy (non-hydrogen) atoms. The second-order valence-corrected chi connectivity index (χ2v) is 2.10. The summed E-state index contributed by atoms with van der Waals surface area (Å²) < 4.78 is 0. The summed E-state index contributed by atoms with van der Waals surface area (Å²) in [6.45, 7) is 1.74. The molecule has 4 nitrogen and oxygen atoms in total. The zero-order valence-electron chi connectivity index (χ0n) is 6.61. The van der Waals surface area contributed by atoms with Gasteiger partial charge in [0.1, 0.15) is 0 Å². The van der Waals surface area contributed by atoms with Gasteiger partial charge in [0.25, 0.3) is 0 Å². The fourth-order valence-corrected chi connectivity index (χ4v) is 0.728. The molecule has 0 aromatic heterocycles. The lowest BCUT2D eigenvalue weighted by Crippen LogP contribution is -2.24. The lowest BCUT2D eigenvalue weighted by atomic mass is 10.5. The predicted molar refractivity (Wildman–Crippen MR) is 43.9 cm³/mol. The molecule has 0 unspecified atom stereocenters. The molecule has 0 aliphatic heterocycles. The Kier molecular flexibility index (Phi) is 7.13. The van der Waals surface area contributed by atoms with Gasteiger partial charge in [-0.2, -0.15) is 0 Å². The number of rotatable bonds is 6. The molecule has 0 rings (SSSR count). The van der Waals surface area contributed by atoms with Gasteiger partial charge in [0.2, 0.25) is 0 Å². The molecular formula is C7H16N2O2. The first-order valence-electron chi connectivity index (χ1n) is 3.67. The summed E-state index contributed by atoms with van der Waals surface area (Å²) in [5.74, 6) is 0. The third kappa shape index (κ3) is 5.84. The Morgan fingerprint density at radius 2 is 1.73 bits per heavy atom. The third-order valence-electron chi connectivity index (χ3n) is 1.23. The lowest BCUT2D eigenvalue weighted by Gasteiger charge is -2.16. The van der Waals surface area contributed by atoms with Crippen molar-refractivity contribution in [3.8, 4) is 0 Å². The van der Waals surface area contributed by atoms with Crippen LogP contribution >= 0.6 is 0 Å². The van der Waals surface area contributed by atoms with E-state index in [9.17, 15) is 0 Å². The van der Waals surface area contributed by atoms with E-state index in [0.717, 1.165) is 0 Å². The fourth-order valence-electron chi connectivity index (χ4n) is 0.728. The zero-order valence-corrected chi connectivity index (χ0v) is 6.61. The second-order valence-electron chi connectivity index (χ2n) is 2.10. The highest BCUT2D eigenvalue weighted by atomic mass is 16.3. The molecule has 0 aromatic carbocycles. The van der Waals surface area contributed by atoms with Crippen LogP contribution in [0.15, 0.2) is 12.3 Å². The molecule has 0 heterocycles. The SMILES string of the molecule is NCC=CN(CCO)CCO. The maximum atomic E-state index is 8.57. The van der Waals surface area contributed by atoms with Crippen molar-refractivity contribution in [3.05, 3.63) is 12.3 Å². The smallest absolute Gasteiger partial charge is 0.0606 e. The average molecular weight is 160 g/mol. The van der Waals surface area contributed by atoms with Crippen molar-refractivity contribution in [2.24, 2.45) is 5.73 Å². The Hall–Kier alpha value is -0.580. The molecule has 0 amide bonds. The molecule has 4 heteroatoms. The van der Waals surface area contributed by atoms with Crippen LogP contribution in [-0.2, 0) is 0 Å². The van der Waals surface area contributed by atoms with E-state index in [1.54, 1.807) is 12.3 Å². The van der Waals surface area contributed by atoms with Crippen molar-refractivity contribution in [1.29, 1.82) is 0 Å². The zero-order chi connectivity index (χ0) is 8.53. The van der Waals surface area contributed by atoms with Crippen molar-refractivity contribution in [2.75, 3.05) is 32.8 Å². The van der Waals surface area contributed by atoms with E-state index in [-0.39, 0.29) is 13.2 Å². The molecule has 0 spiro atoms. The molecule has 0 radical (unpaired) electrons. The van der Waals surface area contributed by atoms with Gasteiger partial charge in [-0.15, -0.1) is 0 Å². The van der Waals surface area contributed by atoms with Crippen molar-refractivity contribution >= 4 is 0 Å². The first-order chi connectivity index (χ1) is 5.35. The van der Waals surface area contributed by atoms with E-state index in [4.69, 9.17) is 15.9 Å². The molecule has 0 bridgehead atoms. The minimum Gasteiger partial charge on any atom is -0.395 e. The van der Waals surface area contributed by atoms with Crippen LogP contribution < -0.4 is 5.73 Å². The molecule has 0 fully saturated rings. The molecule has 0 aromatic rings. The molecule has 0 aliphatic rings. The van der Waals surface area contributed by atoms with Crippen LogP contribution in [0.25, 0.3) is 0 Å². The van der Waals surface area contributed by atoms with E-state index in [1.165, 1.54) is 0 Å². The molecule has 0 saturated carbocycles. The molecule has 66 valence electrons. The molecule has 0 atom stereocenters. The minimum absolute atomic E-state index is 0.0922. The van der Waals surface area contributed by atoms with E-state index >= 15 is 0 Å². The van der Waals surface area contributed by atoms with Crippen molar-refractivity contribution < 1.29 is 10.2 Å². The van der Waals surface area contributed by atoms with Crippen LogP contribution in [0, 0.1) is 0 Å². The normalized spacial score (nSPS) is 10.8. The summed E-state index contributed by atoms with van der Waals surface area (Å²) in [7, 11) is 0. The number of aliphatic hydroxyl groups is 2. The summed E-state index contributed by atoms with van der Waals surface area (Å²) in [6, 6.07) is 0.